The van der Waals surface area contributed by atoms with Crippen LogP contribution in [0, 0.1) is 13.8 Å². The number of nitrogens with two attached hydrogens (primary N) is 1. The van der Waals surface area contributed by atoms with Crippen molar-refractivity contribution in [1.29, 1.82) is 0 Å². The number of halogens is 1. The summed E-state index contributed by atoms with van der Waals surface area (Å²) in [5.41, 5.74) is 6.49. The topological polar surface area (TPSA) is 51.2 Å². The second kappa shape index (κ2) is 5.57. The molecule has 1 aromatic carbocycles. The van der Waals surface area contributed by atoms with Crippen molar-refractivity contribution in [2.45, 2.75) is 26.3 Å². The summed E-state index contributed by atoms with van der Waals surface area (Å²) in [7, 11) is 0. The Morgan fingerprint density at radius 1 is 1.22 bits per heavy atom. The maximum absolute atomic E-state index is 5.78. The highest BCUT2D eigenvalue weighted by atomic mass is 35.5. The van der Waals surface area contributed by atoms with Gasteiger partial charge in [-0.1, -0.05) is 29.3 Å². The van der Waals surface area contributed by atoms with Crippen LogP contribution in [-0.4, -0.2) is 0 Å². The fraction of sp³-hybridized carbons (Fsp3) is 0.286. The van der Waals surface area contributed by atoms with Crippen LogP contribution in [0.15, 0.2) is 34.7 Å². The SMILES string of the molecule is Cc1cc(C)cc(CC(NN)c2ccc(Cl)o2)c1. The van der Waals surface area contributed by atoms with E-state index >= 15 is 0 Å². The second-order valence-corrected chi connectivity index (χ2v) is 4.93. The van der Waals surface area contributed by atoms with Gasteiger partial charge in [-0.25, -0.2) is 5.43 Å². The minimum Gasteiger partial charge on any atom is -0.448 e. The lowest BCUT2D eigenvalue weighted by Gasteiger charge is -2.14. The smallest absolute Gasteiger partial charge is 0.193 e. The largest absolute Gasteiger partial charge is 0.448 e. The molecule has 1 atom stereocenters. The van der Waals surface area contributed by atoms with Gasteiger partial charge in [-0.05, 0) is 49.6 Å². The van der Waals surface area contributed by atoms with Crippen molar-refractivity contribution >= 4 is 11.6 Å². The molecule has 0 aliphatic rings. The third kappa shape index (κ3) is 3.13. The minimum absolute atomic E-state index is 0.0706. The van der Waals surface area contributed by atoms with E-state index in [0.717, 1.165) is 12.2 Å². The number of hydrogen-bond acceptors (Lipinski definition) is 3. The van der Waals surface area contributed by atoms with Gasteiger partial charge >= 0.3 is 0 Å². The lowest BCUT2D eigenvalue weighted by Crippen LogP contribution is -2.29. The summed E-state index contributed by atoms with van der Waals surface area (Å²) in [6.45, 7) is 4.18. The number of benzene rings is 1. The zero-order valence-corrected chi connectivity index (χ0v) is 11.3. The van der Waals surface area contributed by atoms with E-state index in [0.29, 0.717) is 5.22 Å². The average Bonchev–Trinajstić information content (AvgIpc) is 2.71. The lowest BCUT2D eigenvalue weighted by molar-refractivity contribution is 0.417. The first-order valence-corrected chi connectivity index (χ1v) is 6.25. The van der Waals surface area contributed by atoms with Crippen molar-refractivity contribution in [3.63, 3.8) is 0 Å². The quantitative estimate of drug-likeness (QED) is 0.658. The summed E-state index contributed by atoms with van der Waals surface area (Å²) in [5.74, 6) is 6.34. The van der Waals surface area contributed by atoms with Crippen LogP contribution in [0.1, 0.15) is 28.5 Å². The van der Waals surface area contributed by atoms with Crippen molar-refractivity contribution in [2.24, 2.45) is 5.84 Å². The molecule has 0 amide bonds. The van der Waals surface area contributed by atoms with Crippen LogP contribution < -0.4 is 11.3 Å². The molecule has 0 bridgehead atoms. The van der Waals surface area contributed by atoms with E-state index in [1.165, 1.54) is 16.7 Å². The van der Waals surface area contributed by atoms with Gasteiger partial charge in [0.1, 0.15) is 5.76 Å². The van der Waals surface area contributed by atoms with Crippen molar-refractivity contribution in [2.75, 3.05) is 0 Å². The molecule has 0 radical (unpaired) electrons. The van der Waals surface area contributed by atoms with Gasteiger partial charge in [0.2, 0.25) is 0 Å². The number of furan rings is 1. The van der Waals surface area contributed by atoms with Gasteiger partial charge in [-0.15, -0.1) is 0 Å². The van der Waals surface area contributed by atoms with E-state index < -0.39 is 0 Å². The van der Waals surface area contributed by atoms with Crippen LogP contribution in [0.25, 0.3) is 0 Å². The molecule has 4 heteroatoms. The van der Waals surface area contributed by atoms with Crippen molar-refractivity contribution in [3.8, 4) is 0 Å². The summed E-state index contributed by atoms with van der Waals surface area (Å²) in [6, 6.07) is 9.96. The van der Waals surface area contributed by atoms with E-state index in [4.69, 9.17) is 21.9 Å². The van der Waals surface area contributed by atoms with Crippen LogP contribution in [0.5, 0.6) is 0 Å². The Kier molecular flexibility index (Phi) is 4.07. The average molecular weight is 265 g/mol. The molecule has 0 spiro atoms. The second-order valence-electron chi connectivity index (χ2n) is 4.56. The van der Waals surface area contributed by atoms with Crippen LogP contribution in [0.3, 0.4) is 0 Å². The number of rotatable bonds is 4. The standard InChI is InChI=1S/C14H17ClN2O/c1-9-5-10(2)7-11(6-9)8-12(17-16)13-3-4-14(15)18-13/h3-7,12,17H,8,16H2,1-2H3. The summed E-state index contributed by atoms with van der Waals surface area (Å²) in [4.78, 5) is 0. The van der Waals surface area contributed by atoms with Crippen molar-refractivity contribution in [3.05, 3.63) is 58.0 Å². The predicted octanol–water partition coefficient (Wildman–Crippen LogP) is 3.30. The highest BCUT2D eigenvalue weighted by molar-refractivity contribution is 6.28. The molecule has 96 valence electrons. The zero-order chi connectivity index (χ0) is 13.1. The molecule has 0 aliphatic carbocycles. The third-order valence-corrected chi connectivity index (χ3v) is 3.06. The molecule has 3 nitrogen and oxygen atoms in total. The molecule has 0 saturated carbocycles. The third-order valence-electron chi connectivity index (χ3n) is 2.86. The van der Waals surface area contributed by atoms with E-state index in [-0.39, 0.29) is 6.04 Å². The molecule has 2 aromatic rings. The van der Waals surface area contributed by atoms with E-state index in [9.17, 15) is 0 Å². The van der Waals surface area contributed by atoms with Gasteiger partial charge in [0, 0.05) is 0 Å². The van der Waals surface area contributed by atoms with Gasteiger partial charge in [-0.2, -0.15) is 0 Å². The number of nitrogens with one attached hydrogen (secondary N) is 1. The Morgan fingerprint density at radius 3 is 2.39 bits per heavy atom. The molecule has 3 N–H and O–H groups in total. The van der Waals surface area contributed by atoms with Crippen LogP contribution >= 0.6 is 11.6 Å². The molecule has 0 saturated heterocycles. The van der Waals surface area contributed by atoms with E-state index in [2.05, 4.69) is 37.5 Å². The highest BCUT2D eigenvalue weighted by Crippen LogP contribution is 2.23. The fourth-order valence-corrected chi connectivity index (χ4v) is 2.33. The maximum atomic E-state index is 5.78. The minimum atomic E-state index is -0.0706. The van der Waals surface area contributed by atoms with Gasteiger partial charge in [0.25, 0.3) is 0 Å². The van der Waals surface area contributed by atoms with Crippen molar-refractivity contribution < 1.29 is 4.42 Å². The van der Waals surface area contributed by atoms with Crippen LogP contribution in [0.4, 0.5) is 0 Å². The van der Waals surface area contributed by atoms with Crippen molar-refractivity contribution in [1.82, 2.24) is 5.43 Å². The van der Waals surface area contributed by atoms with Gasteiger partial charge in [-0.3, -0.25) is 5.84 Å². The Balaban J connectivity index is 2.20. The molecular formula is C14H17ClN2O. The Labute approximate surface area is 112 Å². The summed E-state index contributed by atoms with van der Waals surface area (Å²) in [5, 5.41) is 0.380. The molecule has 0 fully saturated rings. The Morgan fingerprint density at radius 2 is 1.89 bits per heavy atom. The highest BCUT2D eigenvalue weighted by Gasteiger charge is 2.14. The van der Waals surface area contributed by atoms with E-state index in [1.807, 2.05) is 6.07 Å². The first kappa shape index (κ1) is 13.1. The summed E-state index contributed by atoms with van der Waals surface area (Å²) in [6.07, 6.45) is 0.767. The predicted molar refractivity (Wildman–Crippen MR) is 73.4 cm³/mol. The molecule has 18 heavy (non-hydrogen) atoms. The number of aryl methyl sites for hydroxylation is 2. The Hall–Kier alpha value is -1.29. The number of hydrogen-bond donors (Lipinski definition) is 2. The van der Waals surface area contributed by atoms with Crippen LogP contribution in [-0.2, 0) is 6.42 Å². The summed E-state index contributed by atoms with van der Waals surface area (Å²) >= 11 is 5.78. The lowest BCUT2D eigenvalue weighted by atomic mass is 10.0. The molecular weight excluding hydrogens is 248 g/mol. The molecule has 2 rings (SSSR count). The maximum Gasteiger partial charge on any atom is 0.193 e. The molecule has 1 heterocycles. The summed E-state index contributed by atoms with van der Waals surface area (Å²) < 4.78 is 5.39. The fourth-order valence-electron chi connectivity index (χ4n) is 2.18. The van der Waals surface area contributed by atoms with Gasteiger partial charge < -0.3 is 4.42 Å². The normalized spacial score (nSPS) is 12.7. The molecule has 1 unspecified atom stereocenters. The molecule has 0 aliphatic heterocycles. The van der Waals surface area contributed by atoms with E-state index in [1.54, 1.807) is 6.07 Å². The first-order chi connectivity index (χ1) is 8.58. The molecule has 1 aromatic heterocycles. The monoisotopic (exact) mass is 264 g/mol. The van der Waals surface area contributed by atoms with Gasteiger partial charge in [0.05, 0.1) is 6.04 Å². The zero-order valence-electron chi connectivity index (χ0n) is 10.5. The van der Waals surface area contributed by atoms with Gasteiger partial charge in [0.15, 0.2) is 5.22 Å². The Bertz CT molecular complexity index is 516. The number of hydrazine groups is 1. The van der Waals surface area contributed by atoms with Crippen LogP contribution in [0.2, 0.25) is 5.22 Å². The first-order valence-electron chi connectivity index (χ1n) is 5.87.